The number of aryl methyl sites for hydroxylation is 1. The minimum Gasteiger partial charge on any atom is -0.366 e. The number of rotatable bonds is 5. The number of amides is 2. The Morgan fingerprint density at radius 3 is 2.31 bits per heavy atom. The van der Waals surface area contributed by atoms with Crippen molar-refractivity contribution in [3.63, 3.8) is 0 Å². The van der Waals surface area contributed by atoms with Gasteiger partial charge < -0.3 is 11.1 Å². The van der Waals surface area contributed by atoms with Crippen molar-refractivity contribution >= 4 is 34.2 Å². The van der Waals surface area contributed by atoms with Crippen molar-refractivity contribution in [2.24, 2.45) is 5.73 Å². The van der Waals surface area contributed by atoms with Crippen LogP contribution in [0.4, 0.5) is 5.00 Å². The number of carbonyl (C=O) groups excluding carboxylic acids is 2. The lowest BCUT2D eigenvalue weighted by Gasteiger charge is -2.02. The smallest absolute Gasteiger partial charge is 0.251 e. The van der Waals surface area contributed by atoms with Crippen molar-refractivity contribution in [1.29, 1.82) is 0 Å². The van der Waals surface area contributed by atoms with Crippen LogP contribution in [0.3, 0.4) is 0 Å². The standard InChI is InChI=1S/C21H18N2O2S/c1-14-13-18(20(22)25)21(26-14)23-19(24)12-9-15-7-10-17(11-8-15)16-5-3-2-4-6-16/h2-13H,1H3,(H2,22,25)(H,23,24)/b12-9+. The monoisotopic (exact) mass is 362 g/mol. The zero-order valence-corrected chi connectivity index (χ0v) is 15.0. The highest BCUT2D eigenvalue weighted by Crippen LogP contribution is 2.27. The zero-order chi connectivity index (χ0) is 18.5. The number of nitrogens with one attached hydrogen (secondary N) is 1. The minimum atomic E-state index is -0.551. The van der Waals surface area contributed by atoms with E-state index in [0.29, 0.717) is 10.6 Å². The normalized spacial score (nSPS) is 10.8. The van der Waals surface area contributed by atoms with Crippen LogP contribution < -0.4 is 11.1 Å². The molecule has 3 N–H and O–H groups in total. The van der Waals surface area contributed by atoms with Gasteiger partial charge in [0.05, 0.1) is 5.56 Å². The lowest BCUT2D eigenvalue weighted by atomic mass is 10.0. The van der Waals surface area contributed by atoms with Gasteiger partial charge >= 0.3 is 0 Å². The molecular weight excluding hydrogens is 344 g/mol. The highest BCUT2D eigenvalue weighted by molar-refractivity contribution is 7.16. The predicted octanol–water partition coefficient (Wildman–Crippen LogP) is 4.47. The minimum absolute atomic E-state index is 0.304. The fourth-order valence-electron chi connectivity index (χ4n) is 2.53. The van der Waals surface area contributed by atoms with E-state index < -0.39 is 5.91 Å². The fourth-order valence-corrected chi connectivity index (χ4v) is 3.45. The second kappa shape index (κ2) is 7.80. The van der Waals surface area contributed by atoms with E-state index in [-0.39, 0.29) is 5.91 Å². The molecule has 4 nitrogen and oxygen atoms in total. The topological polar surface area (TPSA) is 72.2 Å². The molecule has 3 aromatic rings. The number of hydrogen-bond acceptors (Lipinski definition) is 3. The molecule has 26 heavy (non-hydrogen) atoms. The van der Waals surface area contributed by atoms with Crippen LogP contribution >= 0.6 is 11.3 Å². The van der Waals surface area contributed by atoms with Gasteiger partial charge in [-0.2, -0.15) is 0 Å². The summed E-state index contributed by atoms with van der Waals surface area (Å²) in [7, 11) is 0. The van der Waals surface area contributed by atoms with Crippen LogP contribution in [0.15, 0.2) is 66.7 Å². The first-order valence-electron chi connectivity index (χ1n) is 8.08. The molecule has 0 fully saturated rings. The Morgan fingerprint density at radius 2 is 1.65 bits per heavy atom. The molecule has 0 saturated heterocycles. The van der Waals surface area contributed by atoms with Crippen LogP contribution in [0.1, 0.15) is 20.8 Å². The van der Waals surface area contributed by atoms with E-state index in [1.807, 2.05) is 49.4 Å². The van der Waals surface area contributed by atoms with Gasteiger partial charge in [-0.3, -0.25) is 9.59 Å². The maximum atomic E-state index is 12.1. The maximum absolute atomic E-state index is 12.1. The summed E-state index contributed by atoms with van der Waals surface area (Å²) in [4.78, 5) is 24.4. The Balaban J connectivity index is 1.68. The van der Waals surface area contributed by atoms with E-state index in [9.17, 15) is 9.59 Å². The number of thiophene rings is 1. The number of hydrogen-bond donors (Lipinski definition) is 2. The molecule has 0 atom stereocenters. The van der Waals surface area contributed by atoms with E-state index in [0.717, 1.165) is 21.6 Å². The molecule has 0 unspecified atom stereocenters. The highest BCUT2D eigenvalue weighted by Gasteiger charge is 2.13. The molecule has 0 aliphatic heterocycles. The molecule has 0 radical (unpaired) electrons. The van der Waals surface area contributed by atoms with Gasteiger partial charge in [0, 0.05) is 11.0 Å². The van der Waals surface area contributed by atoms with Crippen LogP contribution in [0.25, 0.3) is 17.2 Å². The molecule has 0 aliphatic carbocycles. The molecular formula is C21H18N2O2S. The van der Waals surface area contributed by atoms with Crippen molar-refractivity contribution in [3.8, 4) is 11.1 Å². The molecule has 5 heteroatoms. The quantitative estimate of drug-likeness (QED) is 0.657. The van der Waals surface area contributed by atoms with Gasteiger partial charge in [0.15, 0.2) is 0 Å². The lowest BCUT2D eigenvalue weighted by Crippen LogP contribution is -2.14. The zero-order valence-electron chi connectivity index (χ0n) is 14.2. The van der Waals surface area contributed by atoms with Gasteiger partial charge in [-0.1, -0.05) is 54.6 Å². The second-order valence-corrected chi connectivity index (χ2v) is 7.03. The second-order valence-electron chi connectivity index (χ2n) is 5.77. The summed E-state index contributed by atoms with van der Waals surface area (Å²) in [5, 5.41) is 3.19. The Morgan fingerprint density at radius 1 is 1.00 bits per heavy atom. The Bertz CT molecular complexity index is 957. The molecule has 2 amide bonds. The third-order valence-corrected chi connectivity index (χ3v) is 4.77. The molecule has 0 aliphatic rings. The maximum Gasteiger partial charge on any atom is 0.251 e. The first-order chi connectivity index (χ1) is 12.5. The van der Waals surface area contributed by atoms with Crippen molar-refractivity contribution < 1.29 is 9.59 Å². The largest absolute Gasteiger partial charge is 0.366 e. The molecule has 0 spiro atoms. The van der Waals surface area contributed by atoms with Gasteiger partial charge in [-0.25, -0.2) is 0 Å². The van der Waals surface area contributed by atoms with E-state index in [1.165, 1.54) is 17.4 Å². The SMILES string of the molecule is Cc1cc(C(N)=O)c(NC(=O)/C=C/c2ccc(-c3ccccc3)cc2)s1. The molecule has 130 valence electrons. The Kier molecular flexibility index (Phi) is 5.29. The summed E-state index contributed by atoms with van der Waals surface area (Å²) in [6.07, 6.45) is 3.17. The molecule has 2 aromatic carbocycles. The van der Waals surface area contributed by atoms with Gasteiger partial charge in [0.1, 0.15) is 5.00 Å². The fraction of sp³-hybridized carbons (Fsp3) is 0.0476. The van der Waals surface area contributed by atoms with E-state index in [2.05, 4.69) is 17.4 Å². The Labute approximate surface area is 156 Å². The number of carbonyl (C=O) groups is 2. The highest BCUT2D eigenvalue weighted by atomic mass is 32.1. The van der Waals surface area contributed by atoms with Crippen molar-refractivity contribution in [1.82, 2.24) is 0 Å². The predicted molar refractivity (Wildman–Crippen MR) is 107 cm³/mol. The number of anilines is 1. The van der Waals surface area contributed by atoms with Crippen molar-refractivity contribution in [3.05, 3.63) is 82.7 Å². The Hall–Kier alpha value is -3.18. The number of benzene rings is 2. The summed E-state index contributed by atoms with van der Waals surface area (Å²) in [5.74, 6) is -0.855. The van der Waals surface area contributed by atoms with E-state index in [4.69, 9.17) is 5.73 Å². The summed E-state index contributed by atoms with van der Waals surface area (Å²) in [6, 6.07) is 19.7. The first-order valence-corrected chi connectivity index (χ1v) is 8.89. The summed E-state index contributed by atoms with van der Waals surface area (Å²) in [6.45, 7) is 1.86. The summed E-state index contributed by atoms with van der Waals surface area (Å²) in [5.41, 5.74) is 8.84. The molecule has 0 saturated carbocycles. The van der Waals surface area contributed by atoms with Crippen LogP contribution in [0, 0.1) is 6.92 Å². The van der Waals surface area contributed by atoms with E-state index in [1.54, 1.807) is 12.1 Å². The third-order valence-electron chi connectivity index (χ3n) is 3.80. The van der Waals surface area contributed by atoms with Crippen LogP contribution in [0.5, 0.6) is 0 Å². The van der Waals surface area contributed by atoms with Gasteiger partial charge in [-0.05, 0) is 35.8 Å². The van der Waals surface area contributed by atoms with Crippen LogP contribution in [-0.4, -0.2) is 11.8 Å². The third kappa shape index (κ3) is 4.26. The van der Waals surface area contributed by atoms with E-state index >= 15 is 0 Å². The van der Waals surface area contributed by atoms with Crippen molar-refractivity contribution in [2.45, 2.75) is 6.92 Å². The molecule has 1 heterocycles. The average molecular weight is 362 g/mol. The van der Waals surface area contributed by atoms with Crippen LogP contribution in [0.2, 0.25) is 0 Å². The van der Waals surface area contributed by atoms with Gasteiger partial charge in [0.25, 0.3) is 5.91 Å². The van der Waals surface area contributed by atoms with Crippen molar-refractivity contribution in [2.75, 3.05) is 5.32 Å². The first kappa shape index (κ1) is 17.6. The van der Waals surface area contributed by atoms with Crippen LogP contribution in [-0.2, 0) is 4.79 Å². The molecule has 3 rings (SSSR count). The lowest BCUT2D eigenvalue weighted by molar-refractivity contribution is -0.111. The van der Waals surface area contributed by atoms with Gasteiger partial charge in [-0.15, -0.1) is 11.3 Å². The number of primary amides is 1. The number of nitrogens with two attached hydrogens (primary N) is 1. The summed E-state index contributed by atoms with van der Waals surface area (Å²) < 4.78 is 0. The summed E-state index contributed by atoms with van der Waals surface area (Å²) >= 11 is 1.33. The molecule has 1 aromatic heterocycles. The molecule has 0 bridgehead atoms. The van der Waals surface area contributed by atoms with Gasteiger partial charge in [0.2, 0.25) is 5.91 Å². The average Bonchev–Trinajstić information content (AvgIpc) is 3.01.